The second-order valence-electron chi connectivity index (χ2n) is 4.46. The quantitative estimate of drug-likeness (QED) is 0.686. The Morgan fingerprint density at radius 1 is 1.60 bits per heavy atom. The highest BCUT2D eigenvalue weighted by atomic mass is 16.5. The van der Waals surface area contributed by atoms with Gasteiger partial charge in [0.1, 0.15) is 6.29 Å². The average Bonchev–Trinajstić information content (AvgIpc) is 2.11. The van der Waals surface area contributed by atoms with Gasteiger partial charge in [-0.3, -0.25) is 0 Å². The van der Waals surface area contributed by atoms with E-state index in [2.05, 4.69) is 10.1 Å². The number of aldehydes is 1. The number of hydrogen-bond acceptors (Lipinski definition) is 4. The van der Waals surface area contributed by atoms with Crippen molar-refractivity contribution in [3.8, 4) is 0 Å². The highest BCUT2D eigenvalue weighted by Crippen LogP contribution is 2.51. The molecule has 1 heterocycles. The van der Waals surface area contributed by atoms with E-state index in [0.717, 1.165) is 32.3 Å². The molecule has 0 aromatic heterocycles. The van der Waals surface area contributed by atoms with Crippen molar-refractivity contribution >= 4 is 12.4 Å². The lowest BCUT2D eigenvalue weighted by molar-refractivity contribution is -0.182. The van der Waals surface area contributed by atoms with Gasteiger partial charge < -0.3 is 19.6 Å². The number of alkyl carbamates (subject to hydrolysis) is 1. The maximum Gasteiger partial charge on any atom is 0.407 e. The van der Waals surface area contributed by atoms with Gasteiger partial charge in [-0.05, 0) is 18.8 Å². The van der Waals surface area contributed by atoms with Gasteiger partial charge in [-0.2, -0.15) is 0 Å². The summed E-state index contributed by atoms with van der Waals surface area (Å²) in [6, 6.07) is -0.413. The van der Waals surface area contributed by atoms with E-state index in [4.69, 9.17) is 4.74 Å². The Morgan fingerprint density at radius 3 is 2.67 bits per heavy atom. The summed E-state index contributed by atoms with van der Waals surface area (Å²) in [7, 11) is 1.29. The fraction of sp³-hybridized carbons (Fsp3) is 0.800. The minimum atomic E-state index is -0.544. The number of nitrogens with one attached hydrogen (secondary N) is 1. The Kier molecular flexibility index (Phi) is 2.65. The Hall–Kier alpha value is -1.10. The van der Waals surface area contributed by atoms with Gasteiger partial charge in [0.05, 0.1) is 26.4 Å². The molecule has 1 N–H and O–H groups in total. The molecule has 2 aliphatic rings. The van der Waals surface area contributed by atoms with E-state index in [9.17, 15) is 9.59 Å². The lowest BCUT2D eigenvalue weighted by atomic mass is 9.59. The van der Waals surface area contributed by atoms with Crippen LogP contribution in [0.5, 0.6) is 0 Å². The van der Waals surface area contributed by atoms with E-state index in [1.54, 1.807) is 0 Å². The predicted octanol–water partition coefficient (Wildman–Crippen LogP) is 0.336. The minimum absolute atomic E-state index is 0.241. The van der Waals surface area contributed by atoms with Gasteiger partial charge in [0.15, 0.2) is 0 Å². The summed E-state index contributed by atoms with van der Waals surface area (Å²) in [5, 5.41) is 2.53. The van der Waals surface area contributed by atoms with Crippen LogP contribution in [-0.4, -0.2) is 38.7 Å². The average molecular weight is 213 g/mol. The fourth-order valence-corrected chi connectivity index (χ4v) is 2.39. The van der Waals surface area contributed by atoms with Crippen LogP contribution in [0.2, 0.25) is 0 Å². The summed E-state index contributed by atoms with van der Waals surface area (Å²) >= 11 is 0. The van der Waals surface area contributed by atoms with Crippen LogP contribution in [0.15, 0.2) is 0 Å². The third-order valence-corrected chi connectivity index (χ3v) is 3.33. The molecule has 5 heteroatoms. The van der Waals surface area contributed by atoms with E-state index in [1.165, 1.54) is 7.11 Å². The van der Waals surface area contributed by atoms with E-state index in [1.807, 2.05) is 0 Å². The van der Waals surface area contributed by atoms with Crippen LogP contribution >= 0.6 is 0 Å². The molecule has 1 spiro atoms. The maximum atomic E-state index is 11.0. The molecule has 1 saturated heterocycles. The highest BCUT2D eigenvalue weighted by molar-refractivity contribution is 5.73. The Bertz CT molecular complexity index is 267. The van der Waals surface area contributed by atoms with Crippen molar-refractivity contribution in [2.45, 2.75) is 18.9 Å². The van der Waals surface area contributed by atoms with Gasteiger partial charge in [-0.25, -0.2) is 4.79 Å². The molecule has 84 valence electrons. The summed E-state index contributed by atoms with van der Waals surface area (Å²) in [5.41, 5.74) is 0.309. The summed E-state index contributed by atoms with van der Waals surface area (Å²) in [6.45, 7) is 1.60. The molecule has 1 atom stereocenters. The van der Waals surface area contributed by atoms with Crippen molar-refractivity contribution in [1.29, 1.82) is 0 Å². The van der Waals surface area contributed by atoms with Crippen LogP contribution in [0.25, 0.3) is 0 Å². The first-order chi connectivity index (χ1) is 7.19. The third-order valence-electron chi connectivity index (χ3n) is 3.33. The molecule has 1 aliphatic heterocycles. The molecule has 15 heavy (non-hydrogen) atoms. The third kappa shape index (κ3) is 1.84. The number of rotatable bonds is 3. The van der Waals surface area contributed by atoms with Crippen molar-refractivity contribution in [1.82, 2.24) is 5.32 Å². The maximum absolute atomic E-state index is 11.0. The summed E-state index contributed by atoms with van der Waals surface area (Å²) in [6.07, 6.45) is 2.16. The molecule has 1 unspecified atom stereocenters. The molecule has 0 radical (unpaired) electrons. The van der Waals surface area contributed by atoms with E-state index >= 15 is 0 Å². The molecule has 0 bridgehead atoms. The van der Waals surface area contributed by atoms with Crippen LogP contribution in [0, 0.1) is 11.3 Å². The second kappa shape index (κ2) is 3.81. The summed E-state index contributed by atoms with van der Waals surface area (Å²) in [4.78, 5) is 21.8. The van der Waals surface area contributed by atoms with E-state index in [-0.39, 0.29) is 5.92 Å². The van der Waals surface area contributed by atoms with Crippen LogP contribution in [-0.2, 0) is 14.3 Å². The van der Waals surface area contributed by atoms with Gasteiger partial charge in [-0.1, -0.05) is 0 Å². The molecule has 0 aromatic rings. The first-order valence-electron chi connectivity index (χ1n) is 5.07. The van der Waals surface area contributed by atoms with Crippen molar-refractivity contribution in [3.63, 3.8) is 0 Å². The van der Waals surface area contributed by atoms with Gasteiger partial charge in [0.25, 0.3) is 0 Å². The number of carbonyl (C=O) groups is 2. The summed E-state index contributed by atoms with van der Waals surface area (Å²) in [5.74, 6) is 0.241. The molecular weight excluding hydrogens is 198 g/mol. The van der Waals surface area contributed by atoms with Gasteiger partial charge in [-0.15, -0.1) is 0 Å². The Morgan fingerprint density at radius 2 is 2.27 bits per heavy atom. The molecule has 2 rings (SSSR count). The van der Waals surface area contributed by atoms with Gasteiger partial charge >= 0.3 is 6.09 Å². The molecule has 1 saturated carbocycles. The number of carbonyl (C=O) groups excluding carboxylic acids is 2. The molecular formula is C10H15NO4. The first kappa shape index (κ1) is 10.4. The standard InChI is InChI=1S/C10H15NO4/c1-14-9(13)11-8(4-12)7-2-10(3-7)5-15-6-10/h4,7-8H,2-3,5-6H2,1H3,(H,11,13). The lowest BCUT2D eigenvalue weighted by Gasteiger charge is -2.54. The predicted molar refractivity (Wildman–Crippen MR) is 51.4 cm³/mol. The zero-order valence-electron chi connectivity index (χ0n) is 8.69. The van der Waals surface area contributed by atoms with Gasteiger partial charge in [0.2, 0.25) is 0 Å². The van der Waals surface area contributed by atoms with Crippen LogP contribution in [0.4, 0.5) is 4.79 Å². The first-order valence-corrected chi connectivity index (χ1v) is 5.07. The zero-order chi connectivity index (χ0) is 10.9. The molecule has 1 aliphatic carbocycles. The van der Waals surface area contributed by atoms with Crippen LogP contribution in [0.3, 0.4) is 0 Å². The molecule has 2 fully saturated rings. The van der Waals surface area contributed by atoms with Crippen molar-refractivity contribution in [2.24, 2.45) is 11.3 Å². The van der Waals surface area contributed by atoms with E-state index < -0.39 is 12.1 Å². The number of ether oxygens (including phenoxy) is 2. The Labute approximate surface area is 88.1 Å². The zero-order valence-corrected chi connectivity index (χ0v) is 8.69. The van der Waals surface area contributed by atoms with Gasteiger partial charge in [0, 0.05) is 5.41 Å². The van der Waals surface area contributed by atoms with Crippen molar-refractivity contribution < 1.29 is 19.1 Å². The van der Waals surface area contributed by atoms with E-state index in [0.29, 0.717) is 5.41 Å². The number of amides is 1. The van der Waals surface area contributed by atoms with Crippen LogP contribution in [0.1, 0.15) is 12.8 Å². The smallest absolute Gasteiger partial charge is 0.407 e. The second-order valence-corrected chi connectivity index (χ2v) is 4.46. The fourth-order valence-electron chi connectivity index (χ4n) is 2.39. The monoisotopic (exact) mass is 213 g/mol. The topological polar surface area (TPSA) is 64.6 Å². The van der Waals surface area contributed by atoms with Crippen LogP contribution < -0.4 is 5.32 Å². The highest BCUT2D eigenvalue weighted by Gasteiger charge is 2.52. The normalized spacial score (nSPS) is 24.9. The van der Waals surface area contributed by atoms with Crippen molar-refractivity contribution in [3.05, 3.63) is 0 Å². The summed E-state index contributed by atoms with van der Waals surface area (Å²) < 4.78 is 9.60. The minimum Gasteiger partial charge on any atom is -0.453 e. The molecule has 1 amide bonds. The lowest BCUT2D eigenvalue weighted by Crippen LogP contribution is -2.58. The van der Waals surface area contributed by atoms with Crippen molar-refractivity contribution in [2.75, 3.05) is 20.3 Å². The molecule has 0 aromatic carbocycles. The number of methoxy groups -OCH3 is 1. The SMILES string of the molecule is COC(=O)NC(C=O)C1CC2(COC2)C1. The largest absolute Gasteiger partial charge is 0.453 e. The number of hydrogen-bond donors (Lipinski definition) is 1. The Balaban J connectivity index is 1.81. The molecule has 5 nitrogen and oxygen atoms in total.